The van der Waals surface area contributed by atoms with E-state index in [4.69, 9.17) is 28.3 Å². The predicted molar refractivity (Wildman–Crippen MR) is 151 cm³/mol. The second kappa shape index (κ2) is 10.9. The molecule has 1 atom stereocenters. The molecule has 1 aromatic heterocycles. The maximum atomic E-state index is 13.6. The van der Waals surface area contributed by atoms with Gasteiger partial charge in [-0.25, -0.2) is 4.68 Å². The summed E-state index contributed by atoms with van der Waals surface area (Å²) < 4.78 is 1.69. The Labute approximate surface area is 231 Å². The first-order chi connectivity index (χ1) is 18.3. The standard InChI is InChI=1S/C30H26Cl2N4O2/c1-19-8-10-21(11-9-19)14-23-16-35(18-37)17-25-28(30(38)33-20(2)22-6-4-3-5-7-22)34-36(29(23)25)27-13-12-24(31)15-26(27)32/h3-15,18,20H,16-17H2,1-2H3,(H,33,38)/b23-14+/t20-/m1/s1. The molecule has 4 aromatic rings. The van der Waals surface area contributed by atoms with Gasteiger partial charge >= 0.3 is 0 Å². The fourth-order valence-corrected chi connectivity index (χ4v) is 5.12. The number of halogens is 2. The van der Waals surface area contributed by atoms with Gasteiger partial charge in [0.15, 0.2) is 5.69 Å². The molecule has 38 heavy (non-hydrogen) atoms. The number of hydrogen-bond donors (Lipinski definition) is 1. The van der Waals surface area contributed by atoms with Crippen LogP contribution in [0.2, 0.25) is 10.0 Å². The maximum absolute atomic E-state index is 13.6. The van der Waals surface area contributed by atoms with Crippen LogP contribution in [0.3, 0.4) is 0 Å². The third-order valence-corrected chi connectivity index (χ3v) is 7.13. The lowest BCUT2D eigenvalue weighted by atomic mass is 9.97. The normalized spacial score (nSPS) is 14.7. The fourth-order valence-electron chi connectivity index (χ4n) is 4.63. The lowest BCUT2D eigenvalue weighted by molar-refractivity contribution is -0.118. The number of aryl methyl sites for hydroxylation is 1. The Morgan fingerprint density at radius 2 is 1.76 bits per heavy atom. The molecule has 0 fully saturated rings. The number of aromatic nitrogens is 2. The van der Waals surface area contributed by atoms with Crippen LogP contribution in [0.1, 0.15) is 51.4 Å². The van der Waals surface area contributed by atoms with E-state index in [1.165, 1.54) is 0 Å². The van der Waals surface area contributed by atoms with E-state index in [2.05, 4.69) is 5.32 Å². The summed E-state index contributed by atoms with van der Waals surface area (Å²) in [7, 11) is 0. The minimum atomic E-state index is -0.330. The Kier molecular flexibility index (Phi) is 7.36. The van der Waals surface area contributed by atoms with Gasteiger partial charge in [-0.1, -0.05) is 83.4 Å². The van der Waals surface area contributed by atoms with Crippen LogP contribution >= 0.6 is 23.2 Å². The maximum Gasteiger partial charge on any atom is 0.272 e. The fraction of sp³-hybridized carbons (Fsp3) is 0.167. The number of nitrogens with one attached hydrogen (secondary N) is 1. The van der Waals surface area contributed by atoms with E-state index in [1.807, 2.05) is 74.5 Å². The highest BCUT2D eigenvalue weighted by Gasteiger charge is 2.32. The lowest BCUT2D eigenvalue weighted by Crippen LogP contribution is -2.32. The van der Waals surface area contributed by atoms with Gasteiger partial charge in [0.2, 0.25) is 6.41 Å². The average Bonchev–Trinajstić information content (AvgIpc) is 3.30. The molecule has 0 aliphatic carbocycles. The SMILES string of the molecule is Cc1ccc(/C=C2\CN(C=O)Cc3c(C(=O)N[C@H](C)c4ccccc4)nn(-c4ccc(Cl)cc4Cl)c32)cc1. The van der Waals surface area contributed by atoms with Gasteiger partial charge in [0, 0.05) is 17.1 Å². The molecule has 6 nitrogen and oxygen atoms in total. The van der Waals surface area contributed by atoms with Crippen LogP contribution in [0.25, 0.3) is 17.3 Å². The first-order valence-corrected chi connectivity index (χ1v) is 13.0. The van der Waals surface area contributed by atoms with Gasteiger partial charge in [0.1, 0.15) is 0 Å². The summed E-state index contributed by atoms with van der Waals surface area (Å²) in [6.07, 6.45) is 2.82. The predicted octanol–water partition coefficient (Wildman–Crippen LogP) is 6.49. The number of amides is 2. The third kappa shape index (κ3) is 5.23. The number of fused-ring (bicyclic) bond motifs is 1. The highest BCUT2D eigenvalue weighted by atomic mass is 35.5. The van der Waals surface area contributed by atoms with Crippen LogP contribution in [0.15, 0.2) is 72.8 Å². The van der Waals surface area contributed by atoms with E-state index in [1.54, 1.807) is 27.8 Å². The van der Waals surface area contributed by atoms with E-state index >= 15 is 0 Å². The lowest BCUT2D eigenvalue weighted by Gasteiger charge is -2.27. The topological polar surface area (TPSA) is 67.2 Å². The van der Waals surface area contributed by atoms with Crippen LogP contribution in [0, 0.1) is 6.92 Å². The van der Waals surface area contributed by atoms with Crippen molar-refractivity contribution in [2.45, 2.75) is 26.4 Å². The average molecular weight is 545 g/mol. The zero-order valence-corrected chi connectivity index (χ0v) is 22.5. The third-order valence-electron chi connectivity index (χ3n) is 6.59. The Morgan fingerprint density at radius 1 is 1.03 bits per heavy atom. The van der Waals surface area contributed by atoms with Crippen molar-refractivity contribution in [3.8, 4) is 5.69 Å². The van der Waals surface area contributed by atoms with Crippen molar-refractivity contribution >= 4 is 47.2 Å². The van der Waals surface area contributed by atoms with Crippen molar-refractivity contribution < 1.29 is 9.59 Å². The molecule has 8 heteroatoms. The van der Waals surface area contributed by atoms with Crippen molar-refractivity contribution in [3.05, 3.63) is 116 Å². The van der Waals surface area contributed by atoms with Gasteiger partial charge in [-0.3, -0.25) is 9.59 Å². The van der Waals surface area contributed by atoms with Crippen LogP contribution in [0.5, 0.6) is 0 Å². The molecule has 0 radical (unpaired) electrons. The van der Waals surface area contributed by atoms with Crippen molar-refractivity contribution in [2.24, 2.45) is 0 Å². The molecule has 2 heterocycles. The summed E-state index contributed by atoms with van der Waals surface area (Å²) in [5, 5.41) is 8.73. The minimum absolute atomic E-state index is 0.239. The molecule has 0 unspecified atom stereocenters. The Hall–Kier alpha value is -3.87. The number of benzene rings is 3. The van der Waals surface area contributed by atoms with Crippen LogP contribution in [-0.4, -0.2) is 33.5 Å². The summed E-state index contributed by atoms with van der Waals surface area (Å²) in [6.45, 7) is 4.57. The number of hydrogen-bond acceptors (Lipinski definition) is 3. The van der Waals surface area contributed by atoms with E-state index in [-0.39, 0.29) is 24.2 Å². The van der Waals surface area contributed by atoms with Crippen molar-refractivity contribution in [3.63, 3.8) is 0 Å². The van der Waals surface area contributed by atoms with Gasteiger partial charge < -0.3 is 10.2 Å². The minimum Gasteiger partial charge on any atom is -0.344 e. The first-order valence-electron chi connectivity index (χ1n) is 12.2. The monoisotopic (exact) mass is 544 g/mol. The second-order valence-corrected chi connectivity index (χ2v) is 10.2. The second-order valence-electron chi connectivity index (χ2n) is 9.38. The number of carbonyl (C=O) groups is 2. The van der Waals surface area contributed by atoms with Crippen LogP contribution in [-0.2, 0) is 11.3 Å². The molecule has 2 amide bonds. The molecule has 5 rings (SSSR count). The first kappa shape index (κ1) is 25.8. The zero-order chi connectivity index (χ0) is 26.8. The molecule has 0 bridgehead atoms. The molecule has 0 spiro atoms. The summed E-state index contributed by atoms with van der Waals surface area (Å²) in [5.41, 5.74) is 6.18. The molecule has 1 aliphatic heterocycles. The summed E-state index contributed by atoms with van der Waals surface area (Å²) in [6, 6.07) is 22.7. The summed E-state index contributed by atoms with van der Waals surface area (Å²) >= 11 is 12.8. The Morgan fingerprint density at radius 3 is 2.45 bits per heavy atom. The molecule has 1 N–H and O–H groups in total. The van der Waals surface area contributed by atoms with E-state index < -0.39 is 0 Å². The van der Waals surface area contributed by atoms with Crippen molar-refractivity contribution in [2.75, 3.05) is 6.54 Å². The molecule has 3 aromatic carbocycles. The van der Waals surface area contributed by atoms with E-state index in [9.17, 15) is 9.59 Å². The highest BCUT2D eigenvalue weighted by Crippen LogP contribution is 2.35. The van der Waals surface area contributed by atoms with Crippen LogP contribution < -0.4 is 5.32 Å². The number of rotatable bonds is 6. The van der Waals surface area contributed by atoms with Gasteiger partial charge in [-0.05, 0) is 54.8 Å². The van der Waals surface area contributed by atoms with Gasteiger partial charge in [0.05, 0.1) is 29.0 Å². The highest BCUT2D eigenvalue weighted by molar-refractivity contribution is 6.35. The molecular weight excluding hydrogens is 519 g/mol. The largest absolute Gasteiger partial charge is 0.344 e. The van der Waals surface area contributed by atoms with Gasteiger partial charge in [0.25, 0.3) is 5.91 Å². The van der Waals surface area contributed by atoms with Crippen LogP contribution in [0.4, 0.5) is 0 Å². The van der Waals surface area contributed by atoms with Crippen molar-refractivity contribution in [1.29, 1.82) is 0 Å². The van der Waals surface area contributed by atoms with Crippen molar-refractivity contribution in [1.82, 2.24) is 20.0 Å². The number of carbonyl (C=O) groups excluding carboxylic acids is 2. The molecule has 0 saturated carbocycles. The van der Waals surface area contributed by atoms with Gasteiger partial charge in [-0.15, -0.1) is 0 Å². The zero-order valence-electron chi connectivity index (χ0n) is 21.0. The smallest absolute Gasteiger partial charge is 0.272 e. The quantitative estimate of drug-likeness (QED) is 0.282. The van der Waals surface area contributed by atoms with Gasteiger partial charge in [-0.2, -0.15) is 5.10 Å². The molecule has 0 saturated heterocycles. The molecular formula is C30H26Cl2N4O2. The van der Waals surface area contributed by atoms with E-state index in [0.717, 1.165) is 34.4 Å². The Balaban J connectivity index is 1.66. The van der Waals surface area contributed by atoms with E-state index in [0.29, 0.717) is 27.8 Å². The molecule has 1 aliphatic rings. The Bertz CT molecular complexity index is 1530. The summed E-state index contributed by atoms with van der Waals surface area (Å²) in [4.78, 5) is 27.2. The number of nitrogens with zero attached hydrogens (tertiary/aromatic N) is 3. The molecule has 192 valence electrons. The summed E-state index contributed by atoms with van der Waals surface area (Å²) in [5.74, 6) is -0.330.